The summed E-state index contributed by atoms with van der Waals surface area (Å²) in [5.41, 5.74) is 11.6. The molecule has 0 atom stereocenters. The van der Waals surface area contributed by atoms with Crippen LogP contribution in [0.3, 0.4) is 0 Å². The molecule has 3 heterocycles. The van der Waals surface area contributed by atoms with Crippen molar-refractivity contribution in [3.05, 3.63) is 96.1 Å². The van der Waals surface area contributed by atoms with Crippen LogP contribution in [0, 0.1) is 5.82 Å². The van der Waals surface area contributed by atoms with E-state index < -0.39 is 11.7 Å². The number of H-pyrrole nitrogens is 1. The van der Waals surface area contributed by atoms with Crippen molar-refractivity contribution >= 4 is 34.0 Å². The minimum Gasteiger partial charge on any atom is -0.382 e. The van der Waals surface area contributed by atoms with Gasteiger partial charge in [-0.1, -0.05) is 43.7 Å². The SMILES string of the molecule is C=C/C(=C\C(=C/CC)CCN1CCCCC1)c1cnc(N)c(-c2nc3ccc(NC(=O)c4cccc(F)c4)cc3[nH]2)n1. The lowest BCUT2D eigenvalue weighted by molar-refractivity contribution is 0.102. The Bertz CT molecular complexity index is 1650. The van der Waals surface area contributed by atoms with Crippen molar-refractivity contribution in [3.8, 4) is 11.5 Å². The van der Waals surface area contributed by atoms with Crippen LogP contribution in [0.2, 0.25) is 0 Å². The van der Waals surface area contributed by atoms with Crippen LogP contribution in [-0.4, -0.2) is 50.4 Å². The summed E-state index contributed by atoms with van der Waals surface area (Å²) in [7, 11) is 0. The summed E-state index contributed by atoms with van der Waals surface area (Å²) in [6, 6.07) is 10.8. The van der Waals surface area contributed by atoms with Crippen molar-refractivity contribution in [2.24, 2.45) is 0 Å². The van der Waals surface area contributed by atoms with E-state index in [1.165, 1.54) is 56.1 Å². The number of nitrogens with two attached hydrogens (primary N) is 1. The van der Waals surface area contributed by atoms with Crippen LogP contribution in [-0.2, 0) is 0 Å². The number of imidazole rings is 1. The highest BCUT2D eigenvalue weighted by atomic mass is 19.1. The standard InChI is InChI=1S/C33H36FN7O/c1-3-9-22(14-17-41-15-6-5-7-16-41)18-23(4-2)29-21-36-31(35)30(38-29)32-39-27-13-12-26(20-28(27)40-32)37-33(42)24-10-8-11-25(34)19-24/h4,8-13,18-21H,2-3,5-7,14-17H2,1H3,(H2,35,36)(H,37,42)(H,39,40)/b22-9-,23-18+. The Morgan fingerprint density at radius 3 is 2.76 bits per heavy atom. The molecule has 1 saturated heterocycles. The lowest BCUT2D eigenvalue weighted by atomic mass is 10.0. The molecular formula is C33H36FN7O. The second kappa shape index (κ2) is 13.4. The highest BCUT2D eigenvalue weighted by Gasteiger charge is 2.16. The topological polar surface area (TPSA) is 113 Å². The van der Waals surface area contributed by atoms with Gasteiger partial charge in [0.25, 0.3) is 5.91 Å². The summed E-state index contributed by atoms with van der Waals surface area (Å²) in [5.74, 6) is -0.173. The highest BCUT2D eigenvalue weighted by molar-refractivity contribution is 6.05. The number of likely N-dealkylation sites (tertiary alicyclic amines) is 1. The number of piperidine rings is 1. The maximum absolute atomic E-state index is 13.5. The average Bonchev–Trinajstić information content (AvgIpc) is 3.42. The number of fused-ring (bicyclic) bond motifs is 1. The Morgan fingerprint density at radius 1 is 1.17 bits per heavy atom. The maximum Gasteiger partial charge on any atom is 0.255 e. The number of nitrogens with one attached hydrogen (secondary N) is 2. The van der Waals surface area contributed by atoms with E-state index in [1.807, 2.05) is 0 Å². The number of halogens is 1. The number of allylic oxidation sites excluding steroid dienone is 4. The lowest BCUT2D eigenvalue weighted by Gasteiger charge is -2.26. The number of nitrogen functional groups attached to an aromatic ring is 1. The molecule has 216 valence electrons. The fourth-order valence-corrected chi connectivity index (χ4v) is 5.15. The van der Waals surface area contributed by atoms with Crippen LogP contribution in [0.15, 0.2) is 79.0 Å². The number of nitrogens with zero attached hydrogens (tertiary/aromatic N) is 4. The van der Waals surface area contributed by atoms with E-state index in [9.17, 15) is 9.18 Å². The first kappa shape index (κ1) is 28.9. The Kier molecular flexibility index (Phi) is 9.18. The monoisotopic (exact) mass is 565 g/mol. The number of carbonyl (C=O) groups is 1. The Morgan fingerprint density at radius 2 is 2.00 bits per heavy atom. The maximum atomic E-state index is 13.5. The number of aromatic amines is 1. The van der Waals surface area contributed by atoms with E-state index in [1.54, 1.807) is 36.5 Å². The van der Waals surface area contributed by atoms with Gasteiger partial charge in [0.2, 0.25) is 0 Å². The van der Waals surface area contributed by atoms with Gasteiger partial charge in [-0.25, -0.2) is 19.3 Å². The number of aromatic nitrogens is 4. The van der Waals surface area contributed by atoms with Gasteiger partial charge in [0.15, 0.2) is 11.6 Å². The van der Waals surface area contributed by atoms with Crippen LogP contribution >= 0.6 is 0 Å². The van der Waals surface area contributed by atoms with E-state index in [0.29, 0.717) is 33.9 Å². The van der Waals surface area contributed by atoms with Crippen LogP contribution in [0.5, 0.6) is 0 Å². The first-order chi connectivity index (χ1) is 20.4. The van der Waals surface area contributed by atoms with Crippen molar-refractivity contribution in [1.29, 1.82) is 0 Å². The zero-order valence-electron chi connectivity index (χ0n) is 23.9. The molecule has 9 heteroatoms. The zero-order chi connectivity index (χ0) is 29.5. The molecule has 0 bridgehead atoms. The number of amides is 1. The first-order valence-electron chi connectivity index (χ1n) is 14.4. The zero-order valence-corrected chi connectivity index (χ0v) is 23.9. The molecule has 2 aromatic carbocycles. The largest absolute Gasteiger partial charge is 0.382 e. The fraction of sp³-hybridized carbons (Fsp3) is 0.273. The van der Waals surface area contributed by atoms with Gasteiger partial charge in [0.1, 0.15) is 11.5 Å². The predicted molar refractivity (Wildman–Crippen MR) is 167 cm³/mol. The third kappa shape index (κ3) is 6.98. The molecule has 1 aliphatic heterocycles. The second-order valence-corrected chi connectivity index (χ2v) is 10.4. The molecule has 1 fully saturated rings. The number of anilines is 2. The molecule has 4 N–H and O–H groups in total. The molecule has 4 aromatic rings. The lowest BCUT2D eigenvalue weighted by Crippen LogP contribution is -2.30. The third-order valence-corrected chi connectivity index (χ3v) is 7.34. The van der Waals surface area contributed by atoms with Gasteiger partial charge < -0.3 is 20.9 Å². The summed E-state index contributed by atoms with van der Waals surface area (Å²) in [4.78, 5) is 32.3. The number of rotatable bonds is 10. The molecule has 2 aromatic heterocycles. The Balaban J connectivity index is 1.38. The number of benzene rings is 2. The van der Waals surface area contributed by atoms with Gasteiger partial charge in [-0.2, -0.15) is 0 Å². The predicted octanol–water partition coefficient (Wildman–Crippen LogP) is 6.78. The third-order valence-electron chi connectivity index (χ3n) is 7.34. The van der Waals surface area contributed by atoms with Crippen LogP contribution in [0.1, 0.15) is 55.1 Å². The van der Waals surface area contributed by atoms with E-state index in [4.69, 9.17) is 10.7 Å². The molecule has 5 rings (SSSR count). The van der Waals surface area contributed by atoms with Crippen molar-refractivity contribution in [1.82, 2.24) is 24.8 Å². The molecule has 0 spiro atoms. The second-order valence-electron chi connectivity index (χ2n) is 10.4. The van der Waals surface area contributed by atoms with Gasteiger partial charge >= 0.3 is 0 Å². The van der Waals surface area contributed by atoms with Crippen molar-refractivity contribution in [2.75, 3.05) is 30.7 Å². The van der Waals surface area contributed by atoms with Crippen molar-refractivity contribution < 1.29 is 9.18 Å². The quantitative estimate of drug-likeness (QED) is 0.183. The molecule has 1 aliphatic rings. The van der Waals surface area contributed by atoms with Crippen LogP contribution in [0.4, 0.5) is 15.9 Å². The van der Waals surface area contributed by atoms with Gasteiger partial charge in [0, 0.05) is 23.4 Å². The summed E-state index contributed by atoms with van der Waals surface area (Å²) >= 11 is 0. The summed E-state index contributed by atoms with van der Waals surface area (Å²) < 4.78 is 13.5. The number of carbonyl (C=O) groups excluding carboxylic acids is 1. The van der Waals surface area contributed by atoms with Gasteiger partial charge in [-0.05, 0) is 81.2 Å². The van der Waals surface area contributed by atoms with Crippen LogP contribution < -0.4 is 11.1 Å². The highest BCUT2D eigenvalue weighted by Crippen LogP contribution is 2.27. The molecule has 0 aliphatic carbocycles. The first-order valence-corrected chi connectivity index (χ1v) is 14.4. The van der Waals surface area contributed by atoms with Crippen molar-refractivity contribution in [3.63, 3.8) is 0 Å². The average molecular weight is 566 g/mol. The molecule has 0 unspecified atom stereocenters. The Labute approximate surface area is 245 Å². The summed E-state index contributed by atoms with van der Waals surface area (Å²) in [6.45, 7) is 9.55. The van der Waals surface area contributed by atoms with Gasteiger partial charge in [0.05, 0.1) is 22.9 Å². The van der Waals surface area contributed by atoms with Gasteiger partial charge in [-0.15, -0.1) is 0 Å². The van der Waals surface area contributed by atoms with E-state index >= 15 is 0 Å². The summed E-state index contributed by atoms with van der Waals surface area (Å²) in [6.07, 6.45) is 13.6. The normalized spacial score (nSPS) is 14.7. The van der Waals surface area contributed by atoms with Crippen LogP contribution in [0.25, 0.3) is 28.1 Å². The number of hydrogen-bond donors (Lipinski definition) is 3. The van der Waals surface area contributed by atoms with Gasteiger partial charge in [-0.3, -0.25) is 4.79 Å². The molecule has 0 radical (unpaired) electrons. The van der Waals surface area contributed by atoms with E-state index in [2.05, 4.69) is 50.8 Å². The summed E-state index contributed by atoms with van der Waals surface area (Å²) in [5, 5.41) is 2.80. The van der Waals surface area contributed by atoms with E-state index in [-0.39, 0.29) is 11.4 Å². The molecule has 8 nitrogen and oxygen atoms in total. The minimum absolute atomic E-state index is 0.231. The molecule has 1 amide bonds. The Hall–Kier alpha value is -4.63. The van der Waals surface area contributed by atoms with E-state index in [0.717, 1.165) is 25.0 Å². The fourth-order valence-electron chi connectivity index (χ4n) is 5.15. The minimum atomic E-state index is -0.471. The molecular weight excluding hydrogens is 529 g/mol. The molecule has 42 heavy (non-hydrogen) atoms. The smallest absolute Gasteiger partial charge is 0.255 e. The number of hydrogen-bond acceptors (Lipinski definition) is 6. The molecule has 0 saturated carbocycles. The van der Waals surface area contributed by atoms with Crippen molar-refractivity contribution in [2.45, 2.75) is 39.0 Å².